The quantitative estimate of drug-likeness (QED) is 0.895. The normalized spacial score (nSPS) is 22.4. The van der Waals surface area contributed by atoms with Gasteiger partial charge in [0.15, 0.2) is 11.5 Å². The van der Waals surface area contributed by atoms with E-state index in [2.05, 4.69) is 0 Å². The number of rotatable bonds is 3. The van der Waals surface area contributed by atoms with Gasteiger partial charge in [0.25, 0.3) is 0 Å². The number of hydrogen-bond donors (Lipinski definition) is 1. The molecule has 1 N–H and O–H groups in total. The van der Waals surface area contributed by atoms with Gasteiger partial charge in [-0.25, -0.2) is 0 Å². The van der Waals surface area contributed by atoms with Gasteiger partial charge in [-0.3, -0.25) is 9.69 Å². The van der Waals surface area contributed by atoms with E-state index in [1.54, 1.807) is 0 Å². The van der Waals surface area contributed by atoms with Crippen LogP contribution in [0.15, 0.2) is 18.2 Å². The smallest absolute Gasteiger partial charge is 0.320 e. The summed E-state index contributed by atoms with van der Waals surface area (Å²) in [7, 11) is 0. The second-order valence-corrected chi connectivity index (χ2v) is 4.91. The van der Waals surface area contributed by atoms with Crippen LogP contribution in [-0.2, 0) is 11.3 Å². The van der Waals surface area contributed by atoms with Gasteiger partial charge in [-0.05, 0) is 25.5 Å². The van der Waals surface area contributed by atoms with Crippen molar-refractivity contribution in [2.45, 2.75) is 25.4 Å². The summed E-state index contributed by atoms with van der Waals surface area (Å²) in [6, 6.07) is 5.41. The summed E-state index contributed by atoms with van der Waals surface area (Å²) in [6.45, 7) is 2.54. The number of carboxylic acid groups (broad SMARTS) is 1. The highest BCUT2D eigenvalue weighted by molar-refractivity contribution is 5.73. The molecule has 2 aliphatic heterocycles. The van der Waals surface area contributed by atoms with Gasteiger partial charge in [0.2, 0.25) is 0 Å². The van der Waals surface area contributed by atoms with Crippen LogP contribution in [0.5, 0.6) is 11.5 Å². The zero-order chi connectivity index (χ0) is 13.2. The molecule has 0 radical (unpaired) electrons. The molecule has 1 atom stereocenters. The van der Waals surface area contributed by atoms with Crippen molar-refractivity contribution in [2.24, 2.45) is 0 Å². The minimum atomic E-state index is -0.737. The van der Waals surface area contributed by atoms with Crippen molar-refractivity contribution in [3.63, 3.8) is 0 Å². The number of hydrogen-bond acceptors (Lipinski definition) is 4. The summed E-state index contributed by atoms with van der Waals surface area (Å²) in [5, 5.41) is 9.20. The van der Waals surface area contributed by atoms with Gasteiger partial charge >= 0.3 is 5.97 Å². The SMILES string of the molecule is O=C(O)C1CCCN1Cc1cccc2c1OCCO2. The third-order valence-electron chi connectivity index (χ3n) is 3.67. The van der Waals surface area contributed by atoms with Crippen LogP contribution in [0, 0.1) is 0 Å². The molecule has 5 heteroatoms. The van der Waals surface area contributed by atoms with E-state index in [1.165, 1.54) is 0 Å². The average Bonchev–Trinajstić information content (AvgIpc) is 2.87. The largest absolute Gasteiger partial charge is 0.486 e. The molecule has 1 fully saturated rings. The molecule has 0 saturated carbocycles. The van der Waals surface area contributed by atoms with Crippen molar-refractivity contribution in [3.8, 4) is 11.5 Å². The number of likely N-dealkylation sites (tertiary alicyclic amines) is 1. The molecule has 1 aromatic rings. The molecule has 19 heavy (non-hydrogen) atoms. The first-order valence-corrected chi connectivity index (χ1v) is 6.60. The van der Waals surface area contributed by atoms with E-state index in [0.29, 0.717) is 19.8 Å². The Bertz CT molecular complexity index is 488. The van der Waals surface area contributed by atoms with Crippen molar-refractivity contribution < 1.29 is 19.4 Å². The molecule has 0 bridgehead atoms. The number of fused-ring (bicyclic) bond motifs is 1. The Morgan fingerprint density at radius 2 is 2.21 bits per heavy atom. The summed E-state index contributed by atoms with van der Waals surface area (Å²) in [4.78, 5) is 13.2. The van der Waals surface area contributed by atoms with Crippen molar-refractivity contribution in [1.82, 2.24) is 4.90 Å². The van der Waals surface area contributed by atoms with Gasteiger partial charge in [0.05, 0.1) is 0 Å². The molecule has 0 aromatic heterocycles. The maximum Gasteiger partial charge on any atom is 0.320 e. The predicted molar refractivity (Wildman–Crippen MR) is 68.5 cm³/mol. The van der Waals surface area contributed by atoms with Crippen LogP contribution >= 0.6 is 0 Å². The lowest BCUT2D eigenvalue weighted by Gasteiger charge is -2.25. The lowest BCUT2D eigenvalue weighted by atomic mass is 10.1. The number of aliphatic carboxylic acids is 1. The number of ether oxygens (including phenoxy) is 2. The van der Waals surface area contributed by atoms with Gasteiger partial charge in [0.1, 0.15) is 19.3 Å². The second-order valence-electron chi connectivity index (χ2n) is 4.91. The van der Waals surface area contributed by atoms with Gasteiger partial charge in [-0.15, -0.1) is 0 Å². The Morgan fingerprint density at radius 3 is 3.05 bits per heavy atom. The average molecular weight is 263 g/mol. The maximum absolute atomic E-state index is 11.2. The van der Waals surface area contributed by atoms with E-state index < -0.39 is 5.97 Å². The van der Waals surface area contributed by atoms with Crippen LogP contribution in [0.3, 0.4) is 0 Å². The molecule has 2 heterocycles. The molecule has 1 unspecified atom stereocenters. The lowest BCUT2D eigenvalue weighted by molar-refractivity contribution is -0.142. The van der Waals surface area contributed by atoms with Gasteiger partial charge in [0, 0.05) is 12.1 Å². The third-order valence-corrected chi connectivity index (χ3v) is 3.67. The topological polar surface area (TPSA) is 59.0 Å². The summed E-state index contributed by atoms with van der Waals surface area (Å²) >= 11 is 0. The molecule has 5 nitrogen and oxygen atoms in total. The molecule has 2 aliphatic rings. The molecular weight excluding hydrogens is 246 g/mol. The number of nitrogens with zero attached hydrogens (tertiary/aromatic N) is 1. The van der Waals surface area contributed by atoms with E-state index in [-0.39, 0.29) is 6.04 Å². The summed E-state index contributed by atoms with van der Waals surface area (Å²) in [5.74, 6) is 0.791. The van der Waals surface area contributed by atoms with Crippen molar-refractivity contribution >= 4 is 5.97 Å². The predicted octanol–water partition coefficient (Wildman–Crippen LogP) is 1.51. The van der Waals surface area contributed by atoms with Crippen LogP contribution in [0.25, 0.3) is 0 Å². The summed E-state index contributed by atoms with van der Waals surface area (Å²) in [6.07, 6.45) is 1.66. The van der Waals surface area contributed by atoms with Gasteiger partial charge in [-0.2, -0.15) is 0 Å². The molecule has 0 spiro atoms. The fraction of sp³-hybridized carbons (Fsp3) is 0.500. The van der Waals surface area contributed by atoms with Crippen LogP contribution in [0.4, 0.5) is 0 Å². The molecule has 102 valence electrons. The Balaban J connectivity index is 1.81. The van der Waals surface area contributed by atoms with Gasteiger partial charge in [-0.1, -0.05) is 12.1 Å². The number of carboxylic acids is 1. The van der Waals surface area contributed by atoms with Crippen LogP contribution in [0.1, 0.15) is 18.4 Å². The van der Waals surface area contributed by atoms with Gasteiger partial charge < -0.3 is 14.6 Å². The summed E-state index contributed by atoms with van der Waals surface area (Å²) in [5.41, 5.74) is 1.00. The molecule has 1 saturated heterocycles. The summed E-state index contributed by atoms with van der Waals surface area (Å²) < 4.78 is 11.2. The number of benzene rings is 1. The second kappa shape index (κ2) is 5.09. The Labute approximate surface area is 111 Å². The van der Waals surface area contributed by atoms with E-state index in [0.717, 1.165) is 36.4 Å². The Hall–Kier alpha value is -1.75. The Kier molecular flexibility index (Phi) is 3.29. The molecule has 0 amide bonds. The van der Waals surface area contributed by atoms with E-state index in [4.69, 9.17) is 9.47 Å². The van der Waals surface area contributed by atoms with Crippen molar-refractivity contribution in [2.75, 3.05) is 19.8 Å². The highest BCUT2D eigenvalue weighted by Crippen LogP contribution is 2.35. The van der Waals surface area contributed by atoms with Crippen molar-refractivity contribution in [3.05, 3.63) is 23.8 Å². The number of carbonyl (C=O) groups is 1. The molecule has 0 aliphatic carbocycles. The fourth-order valence-electron chi connectivity index (χ4n) is 2.77. The van der Waals surface area contributed by atoms with E-state index in [1.807, 2.05) is 23.1 Å². The zero-order valence-electron chi connectivity index (χ0n) is 10.7. The minimum absolute atomic E-state index is 0.375. The van der Waals surface area contributed by atoms with Crippen LogP contribution in [-0.4, -0.2) is 41.8 Å². The van der Waals surface area contributed by atoms with Crippen LogP contribution in [0.2, 0.25) is 0 Å². The van der Waals surface area contributed by atoms with Crippen LogP contribution < -0.4 is 9.47 Å². The fourth-order valence-corrected chi connectivity index (χ4v) is 2.77. The van der Waals surface area contributed by atoms with E-state index in [9.17, 15) is 9.90 Å². The van der Waals surface area contributed by atoms with E-state index >= 15 is 0 Å². The molecule has 3 rings (SSSR count). The first kappa shape index (κ1) is 12.3. The first-order chi connectivity index (χ1) is 9.25. The molecular formula is C14H17NO4. The first-order valence-electron chi connectivity index (χ1n) is 6.60. The maximum atomic E-state index is 11.2. The number of para-hydroxylation sites is 1. The molecule has 1 aromatic carbocycles. The highest BCUT2D eigenvalue weighted by Gasteiger charge is 2.31. The standard InChI is InChI=1S/C14H17NO4/c16-14(17)11-4-2-6-15(11)9-10-3-1-5-12-13(10)19-8-7-18-12/h1,3,5,11H,2,4,6-9H2,(H,16,17). The minimum Gasteiger partial charge on any atom is -0.486 e. The third kappa shape index (κ3) is 2.38. The highest BCUT2D eigenvalue weighted by atomic mass is 16.6. The monoisotopic (exact) mass is 263 g/mol. The zero-order valence-corrected chi connectivity index (χ0v) is 10.7. The lowest BCUT2D eigenvalue weighted by Crippen LogP contribution is -2.35. The Morgan fingerprint density at radius 1 is 1.37 bits per heavy atom. The van der Waals surface area contributed by atoms with Crippen molar-refractivity contribution in [1.29, 1.82) is 0 Å².